The standard InChI is InChI=1S/C20H19NO4/c22-13-16-11-19(23)21(12-14-4-2-1-3-5-14)20(16)15-6-7-17-18(10-15)25-9-8-24-17/h1-7,10,13,16,20H,8-9,11-12H2. The van der Waals surface area contributed by atoms with Gasteiger partial charge in [0.15, 0.2) is 11.5 Å². The summed E-state index contributed by atoms with van der Waals surface area (Å²) in [6.07, 6.45) is 1.14. The number of carbonyl (C=O) groups is 2. The van der Waals surface area contributed by atoms with E-state index in [0.717, 1.165) is 17.4 Å². The molecule has 0 bridgehead atoms. The predicted molar refractivity (Wildman–Crippen MR) is 91.3 cm³/mol. The molecule has 2 atom stereocenters. The molecule has 5 heteroatoms. The molecule has 25 heavy (non-hydrogen) atoms. The van der Waals surface area contributed by atoms with E-state index in [1.165, 1.54) is 0 Å². The number of likely N-dealkylation sites (tertiary alicyclic amines) is 1. The molecule has 0 aliphatic carbocycles. The largest absolute Gasteiger partial charge is 0.486 e. The zero-order valence-electron chi connectivity index (χ0n) is 13.8. The molecule has 2 aromatic carbocycles. The van der Waals surface area contributed by atoms with Crippen LogP contribution in [0, 0.1) is 5.92 Å². The Kier molecular flexibility index (Phi) is 4.14. The van der Waals surface area contributed by atoms with Crippen LogP contribution >= 0.6 is 0 Å². The van der Waals surface area contributed by atoms with E-state index < -0.39 is 0 Å². The lowest BCUT2D eigenvalue weighted by Gasteiger charge is -2.28. The molecule has 1 saturated heterocycles. The first-order chi connectivity index (χ1) is 12.3. The van der Waals surface area contributed by atoms with Gasteiger partial charge in [-0.3, -0.25) is 4.79 Å². The zero-order chi connectivity index (χ0) is 17.2. The quantitative estimate of drug-likeness (QED) is 0.805. The Hall–Kier alpha value is -2.82. The van der Waals surface area contributed by atoms with Gasteiger partial charge in [0.2, 0.25) is 5.91 Å². The van der Waals surface area contributed by atoms with Gasteiger partial charge in [-0.05, 0) is 23.3 Å². The summed E-state index contributed by atoms with van der Waals surface area (Å²) in [6, 6.07) is 15.2. The predicted octanol–water partition coefficient (Wildman–Crippen LogP) is 2.75. The van der Waals surface area contributed by atoms with Crippen molar-refractivity contribution in [2.24, 2.45) is 5.92 Å². The highest BCUT2D eigenvalue weighted by atomic mass is 16.6. The molecule has 0 aromatic heterocycles. The van der Waals surface area contributed by atoms with Gasteiger partial charge in [-0.2, -0.15) is 0 Å². The van der Waals surface area contributed by atoms with Crippen molar-refractivity contribution in [3.8, 4) is 11.5 Å². The third kappa shape index (κ3) is 2.97. The Balaban J connectivity index is 1.68. The van der Waals surface area contributed by atoms with E-state index in [1.54, 1.807) is 4.90 Å². The molecule has 5 nitrogen and oxygen atoms in total. The number of hydrogen-bond donors (Lipinski definition) is 0. The number of amides is 1. The summed E-state index contributed by atoms with van der Waals surface area (Å²) in [6.45, 7) is 1.53. The first-order valence-corrected chi connectivity index (χ1v) is 8.44. The maximum atomic E-state index is 12.5. The van der Waals surface area contributed by atoms with Crippen LogP contribution in [0.25, 0.3) is 0 Å². The molecule has 1 amide bonds. The number of rotatable bonds is 4. The zero-order valence-corrected chi connectivity index (χ0v) is 13.8. The van der Waals surface area contributed by atoms with Crippen molar-refractivity contribution in [1.29, 1.82) is 0 Å². The lowest BCUT2D eigenvalue weighted by Crippen LogP contribution is -2.29. The molecule has 0 saturated carbocycles. The van der Waals surface area contributed by atoms with Crippen molar-refractivity contribution >= 4 is 12.2 Å². The second-order valence-electron chi connectivity index (χ2n) is 6.36. The Morgan fingerprint density at radius 1 is 1.04 bits per heavy atom. The molecule has 0 spiro atoms. The van der Waals surface area contributed by atoms with Crippen LogP contribution in [-0.4, -0.2) is 30.3 Å². The molecule has 4 rings (SSSR count). The van der Waals surface area contributed by atoms with Crippen LogP contribution in [0.2, 0.25) is 0 Å². The number of nitrogens with zero attached hydrogens (tertiary/aromatic N) is 1. The van der Waals surface area contributed by atoms with E-state index in [9.17, 15) is 9.59 Å². The Bertz CT molecular complexity index is 790. The summed E-state index contributed by atoms with van der Waals surface area (Å²) < 4.78 is 11.2. The van der Waals surface area contributed by atoms with E-state index in [2.05, 4.69) is 0 Å². The van der Waals surface area contributed by atoms with Crippen LogP contribution in [0.3, 0.4) is 0 Å². The fourth-order valence-electron chi connectivity index (χ4n) is 3.58. The van der Waals surface area contributed by atoms with Gasteiger partial charge in [-0.1, -0.05) is 36.4 Å². The molecular weight excluding hydrogens is 318 g/mol. The van der Waals surface area contributed by atoms with E-state index in [-0.39, 0.29) is 24.3 Å². The fraction of sp³-hybridized carbons (Fsp3) is 0.300. The third-order valence-corrected chi connectivity index (χ3v) is 4.75. The monoisotopic (exact) mass is 337 g/mol. The van der Waals surface area contributed by atoms with Crippen molar-refractivity contribution < 1.29 is 19.1 Å². The van der Waals surface area contributed by atoms with Crippen LogP contribution in [-0.2, 0) is 16.1 Å². The maximum Gasteiger partial charge on any atom is 0.224 e. The Morgan fingerprint density at radius 3 is 2.56 bits per heavy atom. The van der Waals surface area contributed by atoms with E-state index in [1.807, 2.05) is 48.5 Å². The average Bonchev–Trinajstić information content (AvgIpc) is 2.98. The molecule has 2 aromatic rings. The number of fused-ring (bicyclic) bond motifs is 1. The minimum absolute atomic E-state index is 0.000780. The summed E-state index contributed by atoms with van der Waals surface area (Å²) in [7, 11) is 0. The Labute approximate surface area is 146 Å². The third-order valence-electron chi connectivity index (χ3n) is 4.75. The maximum absolute atomic E-state index is 12.5. The molecular formula is C20H19NO4. The van der Waals surface area contributed by atoms with E-state index in [0.29, 0.717) is 31.3 Å². The second kappa shape index (κ2) is 6.59. The van der Waals surface area contributed by atoms with Crippen LogP contribution in [0.4, 0.5) is 0 Å². The van der Waals surface area contributed by atoms with Gasteiger partial charge in [0.1, 0.15) is 19.5 Å². The lowest BCUT2D eigenvalue weighted by molar-refractivity contribution is -0.129. The second-order valence-corrected chi connectivity index (χ2v) is 6.36. The molecule has 2 aliphatic rings. The summed E-state index contributed by atoms with van der Waals surface area (Å²) >= 11 is 0. The summed E-state index contributed by atoms with van der Waals surface area (Å²) in [4.78, 5) is 25.9. The molecule has 1 fully saturated rings. The summed E-state index contributed by atoms with van der Waals surface area (Å²) in [5.74, 6) is 1.03. The smallest absolute Gasteiger partial charge is 0.224 e. The highest BCUT2D eigenvalue weighted by molar-refractivity contribution is 5.84. The molecule has 0 N–H and O–H groups in total. The number of carbonyl (C=O) groups excluding carboxylic acids is 2. The van der Waals surface area contributed by atoms with Gasteiger partial charge in [0.05, 0.1) is 6.04 Å². The molecule has 2 aliphatic heterocycles. The van der Waals surface area contributed by atoms with Gasteiger partial charge in [0.25, 0.3) is 0 Å². The highest BCUT2D eigenvalue weighted by Gasteiger charge is 2.40. The van der Waals surface area contributed by atoms with E-state index >= 15 is 0 Å². The number of hydrogen-bond acceptors (Lipinski definition) is 4. The highest BCUT2D eigenvalue weighted by Crippen LogP contribution is 2.41. The van der Waals surface area contributed by atoms with Gasteiger partial charge >= 0.3 is 0 Å². The van der Waals surface area contributed by atoms with Crippen molar-refractivity contribution in [2.75, 3.05) is 13.2 Å². The van der Waals surface area contributed by atoms with Crippen LogP contribution in [0.15, 0.2) is 48.5 Å². The minimum Gasteiger partial charge on any atom is -0.486 e. The van der Waals surface area contributed by atoms with Crippen molar-refractivity contribution in [3.05, 3.63) is 59.7 Å². The topological polar surface area (TPSA) is 55.8 Å². The number of benzene rings is 2. The lowest BCUT2D eigenvalue weighted by atomic mass is 9.94. The minimum atomic E-state index is -0.348. The van der Waals surface area contributed by atoms with Crippen molar-refractivity contribution in [1.82, 2.24) is 4.90 Å². The fourth-order valence-corrected chi connectivity index (χ4v) is 3.58. The summed E-state index contributed by atoms with van der Waals surface area (Å²) in [5, 5.41) is 0. The average molecular weight is 337 g/mol. The molecule has 2 heterocycles. The van der Waals surface area contributed by atoms with Crippen LogP contribution < -0.4 is 9.47 Å². The Morgan fingerprint density at radius 2 is 1.80 bits per heavy atom. The van der Waals surface area contributed by atoms with Gasteiger partial charge < -0.3 is 19.2 Å². The molecule has 128 valence electrons. The normalized spacial score (nSPS) is 22.1. The molecule has 0 radical (unpaired) electrons. The van der Waals surface area contributed by atoms with Crippen LogP contribution in [0.5, 0.6) is 11.5 Å². The van der Waals surface area contributed by atoms with Gasteiger partial charge in [-0.25, -0.2) is 0 Å². The van der Waals surface area contributed by atoms with E-state index in [4.69, 9.17) is 9.47 Å². The van der Waals surface area contributed by atoms with Crippen molar-refractivity contribution in [2.45, 2.75) is 19.0 Å². The number of ether oxygens (including phenoxy) is 2. The van der Waals surface area contributed by atoms with Crippen molar-refractivity contribution in [3.63, 3.8) is 0 Å². The number of aldehydes is 1. The SMILES string of the molecule is O=CC1CC(=O)N(Cc2ccccc2)C1c1ccc2c(c1)OCCO2. The van der Waals surface area contributed by atoms with Crippen LogP contribution in [0.1, 0.15) is 23.6 Å². The van der Waals surface area contributed by atoms with Gasteiger partial charge in [-0.15, -0.1) is 0 Å². The molecule has 2 unspecified atom stereocenters. The van der Waals surface area contributed by atoms with Gasteiger partial charge in [0, 0.05) is 18.9 Å². The first kappa shape index (κ1) is 15.7. The summed E-state index contributed by atoms with van der Waals surface area (Å²) in [5.41, 5.74) is 1.95. The first-order valence-electron chi connectivity index (χ1n) is 8.44.